The van der Waals surface area contributed by atoms with Crippen LogP contribution in [0.4, 0.5) is 0 Å². The van der Waals surface area contributed by atoms with E-state index in [0.717, 1.165) is 18.5 Å². The Bertz CT molecular complexity index is 471. The quantitative estimate of drug-likeness (QED) is 0.740. The molecule has 0 fully saturated rings. The molecule has 0 spiro atoms. The summed E-state index contributed by atoms with van der Waals surface area (Å²) in [4.78, 5) is 0.281. The normalized spacial score (nSPS) is 13.4. The van der Waals surface area contributed by atoms with E-state index in [9.17, 15) is 8.42 Å². The van der Waals surface area contributed by atoms with Gasteiger partial charge in [-0.15, -0.1) is 0 Å². The van der Waals surface area contributed by atoms with E-state index in [1.54, 1.807) is 26.2 Å². The second-order valence-corrected chi connectivity index (χ2v) is 6.19. The second-order valence-electron chi connectivity index (χ2n) is 4.48. The van der Waals surface area contributed by atoms with Crippen LogP contribution in [0, 0.1) is 0 Å². The maximum Gasteiger partial charge on any atom is 0.240 e. The third kappa shape index (κ3) is 5.28. The van der Waals surface area contributed by atoms with Gasteiger partial charge < -0.3 is 10.1 Å². The van der Waals surface area contributed by atoms with Crippen LogP contribution < -0.4 is 10.0 Å². The molecule has 2 N–H and O–H groups in total. The molecule has 0 saturated carbocycles. The topological polar surface area (TPSA) is 67.4 Å². The molecule has 6 heteroatoms. The lowest BCUT2D eigenvalue weighted by Gasteiger charge is -2.13. The van der Waals surface area contributed by atoms with Crippen molar-refractivity contribution in [3.8, 4) is 0 Å². The second kappa shape index (κ2) is 7.59. The molecule has 108 valence electrons. The molecule has 0 aliphatic rings. The van der Waals surface area contributed by atoms with Crippen molar-refractivity contribution in [2.24, 2.45) is 0 Å². The van der Waals surface area contributed by atoms with Crippen molar-refractivity contribution in [2.75, 3.05) is 27.3 Å². The van der Waals surface area contributed by atoms with Gasteiger partial charge in [-0.05, 0) is 44.6 Å². The van der Waals surface area contributed by atoms with Crippen molar-refractivity contribution in [3.05, 3.63) is 29.8 Å². The Morgan fingerprint density at radius 1 is 1.26 bits per heavy atom. The Balaban J connectivity index is 2.73. The van der Waals surface area contributed by atoms with Crippen LogP contribution in [-0.4, -0.2) is 41.8 Å². The summed E-state index contributed by atoms with van der Waals surface area (Å²) in [7, 11) is -0.0328. The van der Waals surface area contributed by atoms with Gasteiger partial charge in [0.1, 0.15) is 0 Å². The van der Waals surface area contributed by atoms with E-state index < -0.39 is 10.0 Å². The van der Waals surface area contributed by atoms with E-state index in [1.165, 1.54) is 0 Å². The lowest BCUT2D eigenvalue weighted by atomic mass is 10.1. The van der Waals surface area contributed by atoms with E-state index in [1.807, 2.05) is 19.2 Å². The van der Waals surface area contributed by atoms with Gasteiger partial charge in [0.25, 0.3) is 0 Å². The molecule has 0 aromatic heterocycles. The summed E-state index contributed by atoms with van der Waals surface area (Å²) in [5.41, 5.74) is 1.11. The van der Waals surface area contributed by atoms with Gasteiger partial charge in [0.15, 0.2) is 0 Å². The van der Waals surface area contributed by atoms with Crippen molar-refractivity contribution >= 4 is 10.0 Å². The molecule has 1 unspecified atom stereocenters. The van der Waals surface area contributed by atoms with Crippen LogP contribution in [0.25, 0.3) is 0 Å². The molecule has 1 rings (SSSR count). The number of benzene rings is 1. The molecule has 19 heavy (non-hydrogen) atoms. The molecule has 1 atom stereocenters. The summed E-state index contributed by atoms with van der Waals surface area (Å²) in [5, 5.41) is 3.06. The molecular formula is C13H22N2O3S. The Morgan fingerprint density at radius 2 is 1.89 bits per heavy atom. The molecular weight excluding hydrogens is 264 g/mol. The van der Waals surface area contributed by atoms with E-state index >= 15 is 0 Å². The van der Waals surface area contributed by atoms with Crippen LogP contribution in [0.5, 0.6) is 0 Å². The van der Waals surface area contributed by atoms with Crippen LogP contribution in [0.1, 0.15) is 12.5 Å². The Kier molecular flexibility index (Phi) is 6.44. The van der Waals surface area contributed by atoms with Gasteiger partial charge in [-0.1, -0.05) is 12.1 Å². The number of sulfonamides is 1. The van der Waals surface area contributed by atoms with E-state index in [2.05, 4.69) is 10.0 Å². The van der Waals surface area contributed by atoms with Crippen LogP contribution in [0.3, 0.4) is 0 Å². The molecule has 0 saturated heterocycles. The van der Waals surface area contributed by atoms with E-state index in [-0.39, 0.29) is 10.9 Å². The Labute approximate surface area is 115 Å². The van der Waals surface area contributed by atoms with Gasteiger partial charge >= 0.3 is 0 Å². The number of likely N-dealkylation sites (N-methyl/N-ethyl adjacent to an activating group) is 1. The maximum absolute atomic E-state index is 12.1. The number of rotatable bonds is 8. The molecule has 0 aliphatic heterocycles. The average molecular weight is 286 g/mol. The van der Waals surface area contributed by atoms with Crippen molar-refractivity contribution in [3.63, 3.8) is 0 Å². The predicted molar refractivity (Wildman–Crippen MR) is 75.7 cm³/mol. The highest BCUT2D eigenvalue weighted by Gasteiger charge is 2.16. The van der Waals surface area contributed by atoms with Crippen molar-refractivity contribution in [1.29, 1.82) is 0 Å². The molecule has 0 heterocycles. The third-order valence-electron chi connectivity index (χ3n) is 2.67. The van der Waals surface area contributed by atoms with Crippen molar-refractivity contribution in [1.82, 2.24) is 10.0 Å². The van der Waals surface area contributed by atoms with Gasteiger partial charge in [-0.2, -0.15) is 0 Å². The molecule has 5 nitrogen and oxygen atoms in total. The number of hydrogen-bond acceptors (Lipinski definition) is 4. The van der Waals surface area contributed by atoms with Crippen LogP contribution in [0.15, 0.2) is 29.2 Å². The summed E-state index contributed by atoms with van der Waals surface area (Å²) >= 11 is 0. The summed E-state index contributed by atoms with van der Waals surface area (Å²) in [6, 6.07) is 6.69. The van der Waals surface area contributed by atoms with Crippen LogP contribution in [-0.2, 0) is 21.2 Å². The summed E-state index contributed by atoms with van der Waals surface area (Å²) < 4.78 is 31.6. The minimum atomic E-state index is -3.46. The summed E-state index contributed by atoms with van der Waals surface area (Å²) in [6.45, 7) is 2.98. The summed E-state index contributed by atoms with van der Waals surface area (Å²) in [5.74, 6) is 0. The van der Waals surface area contributed by atoms with Gasteiger partial charge in [0.05, 0.1) is 11.5 Å². The monoisotopic (exact) mass is 286 g/mol. The fourth-order valence-electron chi connectivity index (χ4n) is 1.72. The molecule has 1 aromatic rings. The van der Waals surface area contributed by atoms with E-state index in [4.69, 9.17) is 4.74 Å². The average Bonchev–Trinajstić information content (AvgIpc) is 2.36. The predicted octanol–water partition coefficient (Wildman–Crippen LogP) is 0.762. The zero-order chi connectivity index (χ0) is 14.3. The minimum Gasteiger partial charge on any atom is -0.383 e. The van der Waals surface area contributed by atoms with Crippen molar-refractivity contribution in [2.45, 2.75) is 24.3 Å². The molecule has 0 amide bonds. The number of ether oxygens (including phenoxy) is 1. The zero-order valence-electron chi connectivity index (χ0n) is 11.6. The number of methoxy groups -OCH3 is 1. The molecule has 0 radical (unpaired) electrons. The first kappa shape index (κ1) is 16.1. The highest BCUT2D eigenvalue weighted by Crippen LogP contribution is 2.11. The minimum absolute atomic E-state index is 0.251. The fraction of sp³-hybridized carbons (Fsp3) is 0.538. The highest BCUT2D eigenvalue weighted by molar-refractivity contribution is 7.89. The van der Waals surface area contributed by atoms with Crippen molar-refractivity contribution < 1.29 is 13.2 Å². The molecule has 1 aromatic carbocycles. The standard InChI is InChI=1S/C13H22N2O3S/c1-11(10-18-3)15-19(16,17)13-6-4-12(5-7-13)8-9-14-2/h4-7,11,14-15H,8-10H2,1-3H3. The zero-order valence-corrected chi connectivity index (χ0v) is 12.5. The maximum atomic E-state index is 12.1. The Morgan fingerprint density at radius 3 is 2.42 bits per heavy atom. The first-order valence-corrected chi connectivity index (χ1v) is 7.72. The van der Waals surface area contributed by atoms with Gasteiger partial charge in [-0.3, -0.25) is 0 Å². The van der Waals surface area contributed by atoms with Crippen LogP contribution in [0.2, 0.25) is 0 Å². The fourth-order valence-corrected chi connectivity index (χ4v) is 2.95. The van der Waals surface area contributed by atoms with Gasteiger partial charge in [-0.25, -0.2) is 13.1 Å². The van der Waals surface area contributed by atoms with Gasteiger partial charge in [0, 0.05) is 13.2 Å². The first-order valence-electron chi connectivity index (χ1n) is 6.24. The van der Waals surface area contributed by atoms with E-state index in [0.29, 0.717) is 6.61 Å². The Hall–Kier alpha value is -0.950. The highest BCUT2D eigenvalue weighted by atomic mass is 32.2. The summed E-state index contributed by atoms with van der Waals surface area (Å²) in [6.07, 6.45) is 0.879. The lowest BCUT2D eigenvalue weighted by molar-refractivity contribution is 0.180. The smallest absolute Gasteiger partial charge is 0.240 e. The first-order chi connectivity index (χ1) is 8.99. The largest absolute Gasteiger partial charge is 0.383 e. The lowest BCUT2D eigenvalue weighted by Crippen LogP contribution is -2.35. The molecule has 0 aliphatic carbocycles. The molecule has 0 bridgehead atoms. The van der Waals surface area contributed by atoms with Gasteiger partial charge in [0.2, 0.25) is 10.0 Å². The SMILES string of the molecule is CNCCc1ccc(S(=O)(=O)NC(C)COC)cc1. The number of nitrogens with one attached hydrogen (secondary N) is 2. The number of hydrogen-bond donors (Lipinski definition) is 2. The third-order valence-corrected chi connectivity index (χ3v) is 4.28. The van der Waals surface area contributed by atoms with Crippen LogP contribution >= 0.6 is 0 Å².